The fraction of sp³-hybridized carbons (Fsp3) is 0.533. The molecular formula is C30H38ClNO9S. The fourth-order valence-corrected chi connectivity index (χ4v) is 6.73. The highest BCUT2D eigenvalue weighted by Crippen LogP contribution is 2.36. The van der Waals surface area contributed by atoms with Crippen LogP contribution < -0.4 is 0 Å². The molecular weight excluding hydrogens is 586 g/mol. The van der Waals surface area contributed by atoms with Crippen molar-refractivity contribution >= 4 is 44.9 Å². The van der Waals surface area contributed by atoms with Crippen LogP contribution in [-0.2, 0) is 25.5 Å². The van der Waals surface area contributed by atoms with Crippen molar-refractivity contribution < 1.29 is 44.6 Å². The molecule has 2 unspecified atom stereocenters. The van der Waals surface area contributed by atoms with Gasteiger partial charge in [-0.25, -0.2) is 0 Å². The summed E-state index contributed by atoms with van der Waals surface area (Å²) in [5.74, 6) is -0.818. The molecule has 0 spiro atoms. The van der Waals surface area contributed by atoms with E-state index in [9.17, 15) is 30.0 Å². The third-order valence-electron chi connectivity index (χ3n) is 7.57. The van der Waals surface area contributed by atoms with Crippen molar-refractivity contribution in [2.75, 3.05) is 13.2 Å². The van der Waals surface area contributed by atoms with Gasteiger partial charge in [0.15, 0.2) is 6.29 Å². The number of carbonyl (C=O) groups is 2. The minimum Gasteiger partial charge on any atom is -0.481 e. The van der Waals surface area contributed by atoms with Gasteiger partial charge >= 0.3 is 5.97 Å². The van der Waals surface area contributed by atoms with E-state index in [2.05, 4.69) is 0 Å². The molecule has 1 aromatic carbocycles. The number of rotatable bonds is 14. The van der Waals surface area contributed by atoms with E-state index in [1.165, 1.54) is 0 Å². The summed E-state index contributed by atoms with van der Waals surface area (Å²) in [4.78, 5) is 26.0. The zero-order valence-electron chi connectivity index (χ0n) is 23.1. The highest BCUT2D eigenvalue weighted by molar-refractivity contribution is 7.19. The molecule has 0 aliphatic carbocycles. The van der Waals surface area contributed by atoms with Crippen molar-refractivity contribution in [2.45, 2.75) is 87.8 Å². The Labute approximate surface area is 253 Å². The van der Waals surface area contributed by atoms with Crippen molar-refractivity contribution in [2.24, 2.45) is 0 Å². The Kier molecular flexibility index (Phi) is 11.9. The molecule has 7 atom stereocenters. The van der Waals surface area contributed by atoms with Gasteiger partial charge in [-0.05, 0) is 38.2 Å². The van der Waals surface area contributed by atoms with Crippen molar-refractivity contribution in [1.29, 1.82) is 0 Å². The minimum atomic E-state index is -1.56. The van der Waals surface area contributed by atoms with Crippen LogP contribution in [0, 0.1) is 0 Å². The second-order valence-electron chi connectivity index (χ2n) is 10.5. The number of aliphatic hydroxyl groups is 4. The molecule has 1 amide bonds. The number of halogens is 1. The maximum atomic E-state index is 12.6. The maximum Gasteiger partial charge on any atom is 0.303 e. The molecule has 2 aliphatic heterocycles. The van der Waals surface area contributed by atoms with Crippen molar-refractivity contribution in [3.8, 4) is 0 Å². The second-order valence-corrected chi connectivity index (χ2v) is 12.1. The number of hydrogen-bond donors (Lipinski definition) is 5. The van der Waals surface area contributed by atoms with Gasteiger partial charge in [0.25, 0.3) is 0 Å². The molecule has 10 nitrogen and oxygen atoms in total. The van der Waals surface area contributed by atoms with E-state index in [0.29, 0.717) is 50.1 Å². The molecule has 2 aliphatic rings. The molecule has 42 heavy (non-hydrogen) atoms. The number of unbranched alkanes of at least 4 members (excludes halogenated alkanes) is 1. The quantitative estimate of drug-likeness (QED) is 0.158. The standard InChI is InChI=1S/C30H38ClNO9S/c31-26-20-7-4-5-8-22(20)42-23(26)14-13-19(40-30-29(39)28(38)27(37)21(17-33)41-30)12-10-18-11-15-24(34)32(18)16-6-2-1-3-9-25(35)36/h2,4-8,10,12,18-19,21,27-30,33,37-39H,1,3,9,11,13-17H2,(H,35,36)/t18-,19?,21+,27+,28-,29+,30?/m0/s1. The zero-order valence-corrected chi connectivity index (χ0v) is 24.7. The van der Waals surface area contributed by atoms with Gasteiger partial charge < -0.3 is 39.9 Å². The van der Waals surface area contributed by atoms with E-state index in [4.69, 9.17) is 26.2 Å². The summed E-state index contributed by atoms with van der Waals surface area (Å²) in [6.45, 7) is -0.164. The van der Waals surface area contributed by atoms with Gasteiger partial charge in [-0.3, -0.25) is 9.59 Å². The van der Waals surface area contributed by atoms with Crippen molar-refractivity contribution in [1.82, 2.24) is 4.90 Å². The molecule has 0 bridgehead atoms. The lowest BCUT2D eigenvalue weighted by atomic mass is 9.99. The first kappa shape index (κ1) is 32.6. The molecule has 2 saturated heterocycles. The lowest BCUT2D eigenvalue weighted by Crippen LogP contribution is -2.59. The summed E-state index contributed by atoms with van der Waals surface area (Å²) >= 11 is 8.24. The normalized spacial score (nSPS) is 27.5. The number of nitrogens with zero attached hydrogens (tertiary/aromatic N) is 1. The lowest BCUT2D eigenvalue weighted by molar-refractivity contribution is -0.307. The van der Waals surface area contributed by atoms with Crippen LogP contribution in [0.15, 0.2) is 48.6 Å². The number of allylic oxidation sites excluding steroid dienone is 1. The molecule has 5 N–H and O–H groups in total. The second kappa shape index (κ2) is 15.4. The number of aryl methyl sites for hydroxylation is 1. The number of hydrogen-bond acceptors (Lipinski definition) is 9. The topological polar surface area (TPSA) is 157 Å². The van der Waals surface area contributed by atoms with Crippen LogP contribution in [0.1, 0.15) is 43.4 Å². The van der Waals surface area contributed by atoms with E-state index in [1.54, 1.807) is 16.2 Å². The van der Waals surface area contributed by atoms with Crippen LogP contribution in [0.4, 0.5) is 0 Å². The van der Waals surface area contributed by atoms with Crippen LogP contribution in [0.5, 0.6) is 0 Å². The molecule has 0 saturated carbocycles. The number of likely N-dealkylation sites (tertiary alicyclic amines) is 1. The van der Waals surface area contributed by atoms with E-state index < -0.39 is 49.4 Å². The SMILES string of the molecule is O=C(O)CCCC=CCN1C(=O)CC[C@@H]1C=CC(CCc1sc2ccccc2c1Cl)OC1O[C@H](CO)[C@@H](O)[C@H](O)[C@H]1O. The number of aliphatic carboxylic acids is 1. The van der Waals surface area contributed by atoms with Crippen LogP contribution in [0.3, 0.4) is 0 Å². The Hall–Kier alpha value is -2.35. The molecule has 12 heteroatoms. The number of carboxylic acid groups (broad SMARTS) is 1. The largest absolute Gasteiger partial charge is 0.481 e. The molecule has 230 valence electrons. The van der Waals surface area contributed by atoms with Crippen LogP contribution in [0.25, 0.3) is 10.1 Å². The lowest BCUT2D eigenvalue weighted by Gasteiger charge is -2.40. The molecule has 2 aromatic rings. The summed E-state index contributed by atoms with van der Waals surface area (Å²) < 4.78 is 12.8. The van der Waals surface area contributed by atoms with E-state index in [1.807, 2.05) is 48.6 Å². The van der Waals surface area contributed by atoms with Gasteiger partial charge in [0.2, 0.25) is 5.91 Å². The predicted octanol–water partition coefficient (Wildman–Crippen LogP) is 3.03. The van der Waals surface area contributed by atoms with Crippen LogP contribution >= 0.6 is 22.9 Å². The summed E-state index contributed by atoms with van der Waals surface area (Å²) in [6.07, 6.45) is 3.12. The Balaban J connectivity index is 1.47. The number of benzene rings is 1. The average Bonchev–Trinajstić information content (AvgIpc) is 3.50. The Morgan fingerprint density at radius 3 is 2.71 bits per heavy atom. The first-order valence-electron chi connectivity index (χ1n) is 14.2. The summed E-state index contributed by atoms with van der Waals surface area (Å²) in [6, 6.07) is 7.66. The average molecular weight is 624 g/mol. The smallest absolute Gasteiger partial charge is 0.303 e. The summed E-state index contributed by atoms with van der Waals surface area (Å²) in [5.41, 5.74) is 0. The third kappa shape index (κ3) is 8.18. The summed E-state index contributed by atoms with van der Waals surface area (Å²) in [7, 11) is 0. The summed E-state index contributed by atoms with van der Waals surface area (Å²) in [5, 5.41) is 51.0. The number of fused-ring (bicyclic) bond motifs is 1. The van der Waals surface area contributed by atoms with Gasteiger partial charge in [0, 0.05) is 34.3 Å². The molecule has 4 rings (SSSR count). The minimum absolute atomic E-state index is 0.0169. The van der Waals surface area contributed by atoms with Gasteiger partial charge in [0.05, 0.1) is 23.8 Å². The number of carboxylic acids is 1. The molecule has 0 radical (unpaired) electrons. The Morgan fingerprint density at radius 1 is 1.19 bits per heavy atom. The van der Waals surface area contributed by atoms with Gasteiger partial charge in [-0.2, -0.15) is 0 Å². The Morgan fingerprint density at radius 2 is 1.98 bits per heavy atom. The van der Waals surface area contributed by atoms with Crippen LogP contribution in [0.2, 0.25) is 5.02 Å². The zero-order chi connectivity index (χ0) is 30.2. The Bertz CT molecular complexity index is 1260. The van der Waals surface area contributed by atoms with Gasteiger partial charge in [-0.1, -0.05) is 54.1 Å². The van der Waals surface area contributed by atoms with Crippen molar-refractivity contribution in [3.05, 3.63) is 58.5 Å². The van der Waals surface area contributed by atoms with Crippen molar-refractivity contribution in [3.63, 3.8) is 0 Å². The predicted molar refractivity (Wildman–Crippen MR) is 158 cm³/mol. The highest BCUT2D eigenvalue weighted by Gasteiger charge is 2.44. The monoisotopic (exact) mass is 623 g/mol. The van der Waals surface area contributed by atoms with Gasteiger partial charge in [0.1, 0.15) is 24.4 Å². The number of thiophene rings is 1. The maximum absolute atomic E-state index is 12.6. The van der Waals surface area contributed by atoms with E-state index >= 15 is 0 Å². The molecule has 1 aromatic heterocycles. The van der Waals surface area contributed by atoms with E-state index in [0.717, 1.165) is 15.0 Å². The first-order valence-corrected chi connectivity index (χ1v) is 15.4. The molecule has 3 heterocycles. The van der Waals surface area contributed by atoms with Crippen LogP contribution in [-0.4, -0.2) is 98.3 Å². The highest BCUT2D eigenvalue weighted by atomic mass is 35.5. The fourth-order valence-electron chi connectivity index (χ4n) is 5.18. The number of carbonyl (C=O) groups excluding carboxylic acids is 1. The van der Waals surface area contributed by atoms with E-state index in [-0.39, 0.29) is 18.4 Å². The third-order valence-corrected chi connectivity index (χ3v) is 9.34. The molecule has 2 fully saturated rings. The first-order chi connectivity index (χ1) is 20.2. The number of ether oxygens (including phenoxy) is 2. The number of amides is 1. The number of aliphatic hydroxyl groups excluding tert-OH is 4. The van der Waals surface area contributed by atoms with Gasteiger partial charge in [-0.15, -0.1) is 11.3 Å².